The second kappa shape index (κ2) is 10.7. The Labute approximate surface area is 187 Å². The lowest BCUT2D eigenvalue weighted by molar-refractivity contribution is 0.0777. The van der Waals surface area contributed by atoms with Gasteiger partial charge in [0.1, 0.15) is 10.7 Å². The summed E-state index contributed by atoms with van der Waals surface area (Å²) < 4.78 is 13.1. The molecular weight excluding hydrogens is 434 g/mol. The number of likely N-dealkylation sites (tertiary alicyclic amines) is 1. The number of piperazine rings is 1. The molecule has 2 aromatic rings. The van der Waals surface area contributed by atoms with E-state index in [-0.39, 0.29) is 36.5 Å². The quantitative estimate of drug-likeness (QED) is 0.760. The van der Waals surface area contributed by atoms with Crippen LogP contribution in [-0.2, 0) is 6.42 Å². The smallest absolute Gasteiger partial charge is 0.265 e. The molecule has 1 atom stereocenters. The minimum Gasteiger partial charge on any atom is -0.336 e. The van der Waals surface area contributed by atoms with Crippen molar-refractivity contribution in [2.75, 3.05) is 39.3 Å². The van der Waals surface area contributed by atoms with Crippen LogP contribution in [0.4, 0.5) is 4.39 Å². The van der Waals surface area contributed by atoms with Gasteiger partial charge in [-0.2, -0.15) is 0 Å². The highest BCUT2D eigenvalue weighted by atomic mass is 35.5. The van der Waals surface area contributed by atoms with Crippen LogP contribution in [0.3, 0.4) is 0 Å². The molecule has 2 saturated heterocycles. The average Bonchev–Trinajstić information content (AvgIpc) is 3.31. The SMILES string of the molecule is Cc1nc(Cc2ccc(F)cc2)sc1C(=O)N1CCC(N2CCNCC2)C1.Cl.Cl. The van der Waals surface area contributed by atoms with Gasteiger partial charge in [-0.1, -0.05) is 12.1 Å². The van der Waals surface area contributed by atoms with Crippen molar-refractivity contribution in [2.45, 2.75) is 25.8 Å². The maximum absolute atomic E-state index is 13.1. The number of aryl methyl sites for hydroxylation is 1. The van der Waals surface area contributed by atoms with Crippen molar-refractivity contribution in [3.63, 3.8) is 0 Å². The second-order valence-corrected chi connectivity index (χ2v) is 8.39. The minimum atomic E-state index is -0.238. The van der Waals surface area contributed by atoms with Crippen LogP contribution < -0.4 is 5.32 Å². The summed E-state index contributed by atoms with van der Waals surface area (Å²) in [5.41, 5.74) is 1.80. The van der Waals surface area contributed by atoms with Crippen LogP contribution in [0, 0.1) is 12.7 Å². The normalized spacial score (nSPS) is 19.5. The second-order valence-electron chi connectivity index (χ2n) is 7.31. The number of benzene rings is 1. The first-order chi connectivity index (χ1) is 13.1. The predicted octanol–water partition coefficient (Wildman–Crippen LogP) is 3.14. The molecular formula is C20H27Cl2FN4OS. The molecule has 2 aliphatic rings. The number of amides is 1. The number of carbonyl (C=O) groups is 1. The third kappa shape index (κ3) is 5.67. The van der Waals surface area contributed by atoms with E-state index in [4.69, 9.17) is 0 Å². The summed E-state index contributed by atoms with van der Waals surface area (Å²) in [6.45, 7) is 7.72. The van der Waals surface area contributed by atoms with Crippen LogP contribution in [0.2, 0.25) is 0 Å². The van der Waals surface area contributed by atoms with Gasteiger partial charge in [-0.25, -0.2) is 9.37 Å². The molecule has 1 unspecified atom stereocenters. The summed E-state index contributed by atoms with van der Waals surface area (Å²) in [5.74, 6) is -0.133. The maximum Gasteiger partial charge on any atom is 0.265 e. The van der Waals surface area contributed by atoms with E-state index in [1.165, 1.54) is 23.5 Å². The molecule has 3 heterocycles. The first-order valence-corrected chi connectivity index (χ1v) is 10.4. The Morgan fingerprint density at radius 3 is 2.59 bits per heavy atom. The molecule has 4 rings (SSSR count). The average molecular weight is 461 g/mol. The number of carbonyl (C=O) groups excluding carboxylic acids is 1. The largest absolute Gasteiger partial charge is 0.336 e. The van der Waals surface area contributed by atoms with Crippen molar-refractivity contribution in [2.24, 2.45) is 0 Å². The molecule has 1 N–H and O–H groups in total. The molecule has 160 valence electrons. The van der Waals surface area contributed by atoms with Crippen molar-refractivity contribution in [3.05, 3.63) is 51.2 Å². The van der Waals surface area contributed by atoms with Crippen LogP contribution in [0.5, 0.6) is 0 Å². The van der Waals surface area contributed by atoms with Crippen molar-refractivity contribution in [1.82, 2.24) is 20.1 Å². The fraction of sp³-hybridized carbons (Fsp3) is 0.500. The van der Waals surface area contributed by atoms with Crippen LogP contribution in [0.15, 0.2) is 24.3 Å². The van der Waals surface area contributed by atoms with Gasteiger partial charge in [0.25, 0.3) is 5.91 Å². The molecule has 0 saturated carbocycles. The Morgan fingerprint density at radius 2 is 1.90 bits per heavy atom. The maximum atomic E-state index is 13.1. The number of thiazole rings is 1. The van der Waals surface area contributed by atoms with Gasteiger partial charge < -0.3 is 10.2 Å². The first-order valence-electron chi connectivity index (χ1n) is 9.55. The lowest BCUT2D eigenvalue weighted by Gasteiger charge is -2.32. The number of aromatic nitrogens is 1. The predicted molar refractivity (Wildman–Crippen MR) is 119 cm³/mol. The van der Waals surface area contributed by atoms with E-state index < -0.39 is 0 Å². The van der Waals surface area contributed by atoms with Gasteiger partial charge in [0.05, 0.1) is 10.7 Å². The molecule has 2 fully saturated rings. The van der Waals surface area contributed by atoms with Crippen molar-refractivity contribution < 1.29 is 9.18 Å². The molecule has 9 heteroatoms. The molecule has 2 aliphatic heterocycles. The number of rotatable bonds is 4. The van der Waals surface area contributed by atoms with Gasteiger partial charge >= 0.3 is 0 Å². The van der Waals surface area contributed by atoms with Gasteiger partial charge in [-0.15, -0.1) is 36.2 Å². The molecule has 29 heavy (non-hydrogen) atoms. The Morgan fingerprint density at radius 1 is 1.21 bits per heavy atom. The monoisotopic (exact) mass is 460 g/mol. The third-order valence-corrected chi connectivity index (χ3v) is 6.57. The van der Waals surface area contributed by atoms with E-state index in [0.29, 0.717) is 12.5 Å². The molecule has 0 radical (unpaired) electrons. The van der Waals surface area contributed by atoms with Gasteiger partial charge in [0, 0.05) is 51.7 Å². The van der Waals surface area contributed by atoms with Crippen LogP contribution >= 0.6 is 36.2 Å². The molecule has 1 amide bonds. The topological polar surface area (TPSA) is 48.5 Å². The summed E-state index contributed by atoms with van der Waals surface area (Å²) in [4.78, 5) is 22.8. The van der Waals surface area contributed by atoms with Crippen LogP contribution in [0.1, 0.15) is 32.4 Å². The zero-order chi connectivity index (χ0) is 18.8. The standard InChI is InChI=1S/C20H25FN4OS.2ClH/c1-14-19(27-18(23-14)12-15-2-4-16(21)5-3-15)20(26)25-9-6-17(13-25)24-10-7-22-8-11-24;;/h2-5,17,22H,6-13H2,1H3;2*1H. The Bertz CT molecular complexity index is 811. The van der Waals surface area contributed by atoms with E-state index in [1.807, 2.05) is 11.8 Å². The van der Waals surface area contributed by atoms with Gasteiger partial charge in [-0.3, -0.25) is 9.69 Å². The highest BCUT2D eigenvalue weighted by Crippen LogP contribution is 2.25. The molecule has 1 aromatic heterocycles. The minimum absolute atomic E-state index is 0. The Hall–Kier alpha value is -1.25. The van der Waals surface area contributed by atoms with E-state index in [0.717, 1.165) is 66.8 Å². The fourth-order valence-electron chi connectivity index (χ4n) is 3.92. The summed E-state index contributed by atoms with van der Waals surface area (Å²) in [6.07, 6.45) is 1.68. The van der Waals surface area contributed by atoms with Crippen molar-refractivity contribution >= 4 is 42.1 Å². The highest BCUT2D eigenvalue weighted by molar-refractivity contribution is 7.13. The van der Waals surface area contributed by atoms with Gasteiger partial charge in [-0.05, 0) is 31.0 Å². The zero-order valence-corrected chi connectivity index (χ0v) is 18.8. The molecule has 0 spiro atoms. The number of halogens is 3. The Balaban J connectivity index is 0.00000150. The highest BCUT2D eigenvalue weighted by Gasteiger charge is 2.32. The lowest BCUT2D eigenvalue weighted by atomic mass is 10.1. The Kier molecular flexibility index (Phi) is 8.85. The molecule has 0 aliphatic carbocycles. The van der Waals surface area contributed by atoms with E-state index in [9.17, 15) is 9.18 Å². The first kappa shape index (κ1) is 24.0. The van der Waals surface area contributed by atoms with Gasteiger partial charge in [0.2, 0.25) is 0 Å². The summed E-state index contributed by atoms with van der Waals surface area (Å²) in [5, 5.41) is 4.28. The van der Waals surface area contributed by atoms with Crippen LogP contribution in [-0.4, -0.2) is 66.0 Å². The summed E-state index contributed by atoms with van der Waals surface area (Å²) in [6, 6.07) is 6.94. The van der Waals surface area contributed by atoms with Crippen molar-refractivity contribution in [3.8, 4) is 0 Å². The van der Waals surface area contributed by atoms with Gasteiger partial charge in [0.15, 0.2) is 0 Å². The molecule has 5 nitrogen and oxygen atoms in total. The zero-order valence-electron chi connectivity index (χ0n) is 16.4. The summed E-state index contributed by atoms with van der Waals surface area (Å²) >= 11 is 1.47. The number of hydrogen-bond donors (Lipinski definition) is 1. The van der Waals surface area contributed by atoms with Crippen molar-refractivity contribution in [1.29, 1.82) is 0 Å². The third-order valence-electron chi connectivity index (χ3n) is 5.42. The lowest BCUT2D eigenvalue weighted by Crippen LogP contribution is -2.49. The number of hydrogen-bond acceptors (Lipinski definition) is 5. The summed E-state index contributed by atoms with van der Waals surface area (Å²) in [7, 11) is 0. The molecule has 1 aromatic carbocycles. The van der Waals surface area contributed by atoms with Crippen LogP contribution in [0.25, 0.3) is 0 Å². The van der Waals surface area contributed by atoms with E-state index in [2.05, 4.69) is 15.2 Å². The molecule has 0 bridgehead atoms. The number of nitrogens with one attached hydrogen (secondary N) is 1. The fourth-order valence-corrected chi connectivity index (χ4v) is 4.99. The number of nitrogens with zero attached hydrogens (tertiary/aromatic N) is 3. The van der Waals surface area contributed by atoms with E-state index >= 15 is 0 Å². The van der Waals surface area contributed by atoms with E-state index in [1.54, 1.807) is 12.1 Å².